The monoisotopic (exact) mass is 346 g/mol. The molecule has 0 amide bonds. The summed E-state index contributed by atoms with van der Waals surface area (Å²) < 4.78 is 0. The van der Waals surface area contributed by atoms with Gasteiger partial charge in [-0.1, -0.05) is 79.6 Å². The number of aliphatic imine (C=N–C) groups is 1. The molecule has 1 aliphatic carbocycles. The molecule has 1 atom stereocenters. The van der Waals surface area contributed by atoms with Gasteiger partial charge < -0.3 is 0 Å². The van der Waals surface area contributed by atoms with Crippen LogP contribution in [0.5, 0.6) is 0 Å². The van der Waals surface area contributed by atoms with Gasteiger partial charge in [-0.25, -0.2) is 4.99 Å². The molecule has 1 saturated carbocycles. The van der Waals surface area contributed by atoms with E-state index in [0.29, 0.717) is 11.4 Å². The highest BCUT2D eigenvalue weighted by molar-refractivity contribution is 8.16. The maximum Gasteiger partial charge on any atom is 0.107 e. The molecule has 3 heteroatoms. The molecule has 25 heavy (non-hydrogen) atoms. The fraction of sp³-hybridized carbons (Fsp3) is 0.318. The van der Waals surface area contributed by atoms with Crippen LogP contribution in [-0.4, -0.2) is 16.5 Å². The zero-order chi connectivity index (χ0) is 16.6. The normalized spacial score (nSPS) is 22.7. The van der Waals surface area contributed by atoms with Gasteiger partial charge in [0, 0.05) is 17.2 Å². The van der Waals surface area contributed by atoms with E-state index in [2.05, 4.69) is 59.9 Å². The Labute approximate surface area is 153 Å². The van der Waals surface area contributed by atoms with Crippen molar-refractivity contribution in [3.05, 3.63) is 65.7 Å². The Morgan fingerprint density at radius 2 is 1.64 bits per heavy atom. The van der Waals surface area contributed by atoms with Gasteiger partial charge in [-0.15, -0.1) is 0 Å². The number of hydrogen-bond donors (Lipinski definition) is 1. The Bertz CT molecular complexity index is 847. The Kier molecular flexibility index (Phi) is 3.99. The molecule has 1 fully saturated rings. The van der Waals surface area contributed by atoms with Crippen LogP contribution in [0.25, 0.3) is 11.1 Å². The summed E-state index contributed by atoms with van der Waals surface area (Å²) in [6.07, 6.45) is 6.71. The molecule has 0 spiro atoms. The summed E-state index contributed by atoms with van der Waals surface area (Å²) in [6.45, 7) is 0. The quantitative estimate of drug-likeness (QED) is 0.778. The Morgan fingerprint density at radius 1 is 0.880 bits per heavy atom. The van der Waals surface area contributed by atoms with E-state index in [1.54, 1.807) is 0 Å². The van der Waals surface area contributed by atoms with Crippen molar-refractivity contribution < 1.29 is 0 Å². The van der Waals surface area contributed by atoms with E-state index in [1.807, 2.05) is 11.8 Å². The van der Waals surface area contributed by atoms with E-state index >= 15 is 0 Å². The average molecular weight is 346 g/mol. The maximum absolute atomic E-state index is 4.91. The Balaban J connectivity index is 1.58. The summed E-state index contributed by atoms with van der Waals surface area (Å²) in [7, 11) is 0. The lowest BCUT2D eigenvalue weighted by atomic mass is 9.93. The zero-order valence-electron chi connectivity index (χ0n) is 14.2. The summed E-state index contributed by atoms with van der Waals surface area (Å²) in [6, 6.07) is 20.0. The predicted molar refractivity (Wildman–Crippen MR) is 108 cm³/mol. The number of hydrogen-bond acceptors (Lipinski definition) is 3. The SMILES string of the molecule is c1ccc(C2=C3C(=Nc4ccccc43)SC2NC2CCCCC2)cc1. The molecule has 2 nitrogen and oxygen atoms in total. The third-order valence-electron chi connectivity index (χ3n) is 5.45. The summed E-state index contributed by atoms with van der Waals surface area (Å²) in [5.74, 6) is 0. The van der Waals surface area contributed by atoms with Crippen LogP contribution in [-0.2, 0) is 0 Å². The van der Waals surface area contributed by atoms with Crippen LogP contribution >= 0.6 is 11.8 Å². The Morgan fingerprint density at radius 3 is 2.48 bits per heavy atom. The van der Waals surface area contributed by atoms with Gasteiger partial charge in [-0.05, 0) is 30.0 Å². The largest absolute Gasteiger partial charge is 0.298 e. The van der Waals surface area contributed by atoms with Gasteiger partial charge in [0.15, 0.2) is 0 Å². The van der Waals surface area contributed by atoms with Gasteiger partial charge in [0.05, 0.1) is 11.1 Å². The van der Waals surface area contributed by atoms with E-state index in [1.165, 1.54) is 59.4 Å². The second-order valence-electron chi connectivity index (χ2n) is 7.09. The molecule has 2 aliphatic heterocycles. The fourth-order valence-electron chi connectivity index (χ4n) is 4.22. The first-order valence-electron chi connectivity index (χ1n) is 9.31. The van der Waals surface area contributed by atoms with Gasteiger partial charge in [0.1, 0.15) is 5.04 Å². The zero-order valence-corrected chi connectivity index (χ0v) is 15.1. The van der Waals surface area contributed by atoms with Crippen LogP contribution in [0, 0.1) is 0 Å². The van der Waals surface area contributed by atoms with E-state index in [0.717, 1.165) is 5.69 Å². The number of thioether (sulfide) groups is 1. The van der Waals surface area contributed by atoms with Crippen LogP contribution in [0.3, 0.4) is 0 Å². The maximum atomic E-state index is 4.91. The van der Waals surface area contributed by atoms with Crippen LogP contribution < -0.4 is 5.32 Å². The number of para-hydroxylation sites is 1. The number of rotatable bonds is 3. The van der Waals surface area contributed by atoms with Crippen molar-refractivity contribution in [3.8, 4) is 0 Å². The molecule has 0 bridgehead atoms. The molecule has 0 saturated heterocycles. The van der Waals surface area contributed by atoms with Crippen molar-refractivity contribution in [2.75, 3.05) is 0 Å². The minimum atomic E-state index is 0.313. The van der Waals surface area contributed by atoms with E-state index in [9.17, 15) is 0 Å². The summed E-state index contributed by atoms with van der Waals surface area (Å²) in [5, 5.41) is 5.45. The smallest absolute Gasteiger partial charge is 0.107 e. The summed E-state index contributed by atoms with van der Waals surface area (Å²) in [5.41, 5.74) is 6.49. The number of fused-ring (bicyclic) bond motifs is 3. The van der Waals surface area contributed by atoms with Crippen molar-refractivity contribution in [2.45, 2.75) is 43.5 Å². The van der Waals surface area contributed by atoms with Gasteiger partial charge >= 0.3 is 0 Å². The number of nitrogens with one attached hydrogen (secondary N) is 1. The second kappa shape index (κ2) is 6.47. The van der Waals surface area contributed by atoms with Crippen LogP contribution in [0.1, 0.15) is 43.2 Å². The topological polar surface area (TPSA) is 24.4 Å². The van der Waals surface area contributed by atoms with E-state index in [-0.39, 0.29) is 0 Å². The fourth-order valence-corrected chi connectivity index (χ4v) is 5.57. The highest BCUT2D eigenvalue weighted by Gasteiger charge is 2.37. The van der Waals surface area contributed by atoms with Gasteiger partial charge in [0.25, 0.3) is 0 Å². The first kappa shape index (κ1) is 15.4. The molecule has 0 aromatic heterocycles. The molecule has 5 rings (SSSR count). The molecule has 2 heterocycles. The number of nitrogens with zero attached hydrogens (tertiary/aromatic N) is 1. The molecule has 2 aromatic carbocycles. The highest BCUT2D eigenvalue weighted by atomic mass is 32.2. The van der Waals surface area contributed by atoms with Gasteiger partial charge in [-0.3, -0.25) is 5.32 Å². The third-order valence-corrected chi connectivity index (χ3v) is 6.57. The molecular formula is C22H22N2S. The van der Waals surface area contributed by atoms with E-state index < -0.39 is 0 Å². The first-order chi connectivity index (χ1) is 12.4. The Hall–Kier alpha value is -1.84. The molecule has 0 radical (unpaired) electrons. The van der Waals surface area contributed by atoms with Crippen molar-refractivity contribution in [1.29, 1.82) is 0 Å². The third kappa shape index (κ3) is 2.76. The first-order valence-corrected chi connectivity index (χ1v) is 10.2. The molecule has 2 aromatic rings. The van der Waals surface area contributed by atoms with Crippen LogP contribution in [0.4, 0.5) is 5.69 Å². The lowest BCUT2D eigenvalue weighted by molar-refractivity contribution is 0.381. The minimum absolute atomic E-state index is 0.313. The average Bonchev–Trinajstić information content (AvgIpc) is 3.18. The highest BCUT2D eigenvalue weighted by Crippen LogP contribution is 2.51. The van der Waals surface area contributed by atoms with E-state index in [4.69, 9.17) is 4.99 Å². The lowest BCUT2D eigenvalue weighted by Gasteiger charge is -2.27. The standard InChI is InChI=1S/C22H22N2S/c1-3-9-15(10-4-1)19-20-17-13-7-8-14-18(17)24-22(20)25-21(19)23-16-11-5-2-6-12-16/h1,3-4,7-10,13-14,16,21,23H,2,5-6,11-12H2. The summed E-state index contributed by atoms with van der Waals surface area (Å²) in [4.78, 5) is 4.91. The molecule has 126 valence electrons. The molecular weight excluding hydrogens is 324 g/mol. The van der Waals surface area contributed by atoms with Crippen LogP contribution in [0.15, 0.2) is 59.6 Å². The summed E-state index contributed by atoms with van der Waals surface area (Å²) >= 11 is 1.90. The predicted octanol–water partition coefficient (Wildman–Crippen LogP) is 5.64. The molecule has 1 unspecified atom stereocenters. The van der Waals surface area contributed by atoms with Crippen molar-refractivity contribution in [2.24, 2.45) is 4.99 Å². The molecule has 1 N–H and O–H groups in total. The van der Waals surface area contributed by atoms with Crippen molar-refractivity contribution >= 4 is 33.6 Å². The molecule has 3 aliphatic rings. The second-order valence-corrected chi connectivity index (χ2v) is 8.18. The minimum Gasteiger partial charge on any atom is -0.298 e. The number of benzene rings is 2. The lowest BCUT2D eigenvalue weighted by Crippen LogP contribution is -2.37. The van der Waals surface area contributed by atoms with Crippen molar-refractivity contribution in [1.82, 2.24) is 5.32 Å². The van der Waals surface area contributed by atoms with Crippen LogP contribution in [0.2, 0.25) is 0 Å². The van der Waals surface area contributed by atoms with Gasteiger partial charge in [-0.2, -0.15) is 0 Å². The van der Waals surface area contributed by atoms with Gasteiger partial charge in [0.2, 0.25) is 0 Å². The van der Waals surface area contributed by atoms with Crippen molar-refractivity contribution in [3.63, 3.8) is 0 Å².